The van der Waals surface area contributed by atoms with Gasteiger partial charge in [0.1, 0.15) is 5.01 Å². The van der Waals surface area contributed by atoms with Crippen molar-refractivity contribution in [1.82, 2.24) is 9.88 Å². The number of hydrogen-bond acceptors (Lipinski definition) is 5. The number of likely N-dealkylation sites (tertiary alicyclic amines) is 1. The van der Waals surface area contributed by atoms with Gasteiger partial charge in [-0.2, -0.15) is 0 Å². The zero-order chi connectivity index (χ0) is 16.1. The van der Waals surface area contributed by atoms with Crippen LogP contribution in [0.25, 0.3) is 0 Å². The Labute approximate surface area is 142 Å². The Morgan fingerprint density at radius 3 is 3.09 bits per heavy atom. The summed E-state index contributed by atoms with van der Waals surface area (Å²) in [7, 11) is 0. The Kier molecular flexibility index (Phi) is 6.02. The average molecular weight is 338 g/mol. The standard InChI is InChI=1S/C17H26N2O3S/c1-13-12-23-17(18-13)15-6-2-3-8-19(15)16(20)7-10-21-11-14-5-4-9-22-14/h12,14-15H,2-11H2,1H3/t14-,15+/m1/s1. The van der Waals surface area contributed by atoms with Gasteiger partial charge in [-0.25, -0.2) is 4.98 Å². The molecule has 0 radical (unpaired) electrons. The Balaban J connectivity index is 1.48. The van der Waals surface area contributed by atoms with E-state index in [2.05, 4.69) is 10.4 Å². The smallest absolute Gasteiger partial charge is 0.225 e. The van der Waals surface area contributed by atoms with Crippen LogP contribution in [0.15, 0.2) is 5.38 Å². The highest BCUT2D eigenvalue weighted by molar-refractivity contribution is 7.09. The molecule has 2 saturated heterocycles. The minimum atomic E-state index is 0.160. The van der Waals surface area contributed by atoms with Crippen molar-refractivity contribution in [3.8, 4) is 0 Å². The summed E-state index contributed by atoms with van der Waals surface area (Å²) < 4.78 is 11.2. The van der Waals surface area contributed by atoms with Gasteiger partial charge in [-0.3, -0.25) is 4.79 Å². The maximum atomic E-state index is 12.6. The molecule has 2 aliphatic rings. The van der Waals surface area contributed by atoms with Crippen LogP contribution in [-0.2, 0) is 14.3 Å². The fraction of sp³-hybridized carbons (Fsp3) is 0.765. The van der Waals surface area contributed by atoms with E-state index in [-0.39, 0.29) is 18.1 Å². The van der Waals surface area contributed by atoms with Crippen molar-refractivity contribution in [2.75, 3.05) is 26.4 Å². The molecule has 0 spiro atoms. The van der Waals surface area contributed by atoms with Crippen LogP contribution in [0.4, 0.5) is 0 Å². The largest absolute Gasteiger partial charge is 0.378 e. The molecular formula is C17H26N2O3S. The SMILES string of the molecule is Cc1csc([C@@H]2CCCCN2C(=O)CCOC[C@H]2CCCO2)n1. The Bertz CT molecular complexity index is 514. The molecule has 6 heteroatoms. The first-order chi connectivity index (χ1) is 11.2. The van der Waals surface area contributed by atoms with Crippen LogP contribution in [0.2, 0.25) is 0 Å². The van der Waals surface area contributed by atoms with Gasteiger partial charge in [0.05, 0.1) is 31.8 Å². The number of thiazole rings is 1. The quantitative estimate of drug-likeness (QED) is 0.748. The van der Waals surface area contributed by atoms with E-state index in [9.17, 15) is 4.79 Å². The molecule has 3 rings (SSSR count). The number of aromatic nitrogens is 1. The lowest BCUT2D eigenvalue weighted by Gasteiger charge is -2.34. The second-order valence-electron chi connectivity index (χ2n) is 6.39. The summed E-state index contributed by atoms with van der Waals surface area (Å²) in [5.74, 6) is 0.190. The normalized spacial score (nSPS) is 25.0. The highest BCUT2D eigenvalue weighted by Crippen LogP contribution is 2.33. The minimum absolute atomic E-state index is 0.160. The number of amides is 1. The predicted octanol–water partition coefficient (Wildman–Crippen LogP) is 3.09. The van der Waals surface area contributed by atoms with Gasteiger partial charge in [-0.1, -0.05) is 0 Å². The van der Waals surface area contributed by atoms with Gasteiger partial charge < -0.3 is 14.4 Å². The van der Waals surface area contributed by atoms with Crippen LogP contribution >= 0.6 is 11.3 Å². The number of rotatable bonds is 6. The lowest BCUT2D eigenvalue weighted by Crippen LogP contribution is -2.39. The van der Waals surface area contributed by atoms with Gasteiger partial charge >= 0.3 is 0 Å². The number of ether oxygens (including phenoxy) is 2. The average Bonchev–Trinajstić information content (AvgIpc) is 3.23. The van der Waals surface area contributed by atoms with Crippen molar-refractivity contribution in [2.24, 2.45) is 0 Å². The Hall–Kier alpha value is -0.980. The zero-order valence-corrected chi connectivity index (χ0v) is 14.6. The fourth-order valence-electron chi connectivity index (χ4n) is 3.31. The molecule has 0 aromatic carbocycles. The number of hydrogen-bond donors (Lipinski definition) is 0. The second kappa shape index (κ2) is 8.22. The Morgan fingerprint density at radius 1 is 1.43 bits per heavy atom. The number of carbonyl (C=O) groups is 1. The molecule has 1 amide bonds. The van der Waals surface area contributed by atoms with E-state index >= 15 is 0 Å². The second-order valence-corrected chi connectivity index (χ2v) is 7.28. The first-order valence-corrected chi connectivity index (χ1v) is 9.53. The van der Waals surface area contributed by atoms with Crippen molar-refractivity contribution in [1.29, 1.82) is 0 Å². The number of carbonyl (C=O) groups excluding carboxylic acids is 1. The van der Waals surface area contributed by atoms with E-state index in [0.717, 1.165) is 49.5 Å². The first kappa shape index (κ1) is 16.9. The topological polar surface area (TPSA) is 51.7 Å². The van der Waals surface area contributed by atoms with Gasteiger partial charge in [0.25, 0.3) is 0 Å². The van der Waals surface area contributed by atoms with E-state index in [1.165, 1.54) is 6.42 Å². The van der Waals surface area contributed by atoms with Crippen LogP contribution in [0.3, 0.4) is 0 Å². The fourth-order valence-corrected chi connectivity index (χ4v) is 4.25. The van der Waals surface area contributed by atoms with Crippen molar-refractivity contribution < 1.29 is 14.3 Å². The molecule has 0 saturated carbocycles. The van der Waals surface area contributed by atoms with Gasteiger partial charge in [-0.15, -0.1) is 11.3 Å². The van der Waals surface area contributed by atoms with E-state index in [4.69, 9.17) is 9.47 Å². The highest BCUT2D eigenvalue weighted by Gasteiger charge is 2.29. The summed E-state index contributed by atoms with van der Waals surface area (Å²) >= 11 is 1.67. The third-order valence-electron chi connectivity index (χ3n) is 4.53. The number of aryl methyl sites for hydroxylation is 1. The molecule has 0 bridgehead atoms. The summed E-state index contributed by atoms with van der Waals surface area (Å²) in [6.45, 7) is 4.79. The Morgan fingerprint density at radius 2 is 2.35 bits per heavy atom. The van der Waals surface area contributed by atoms with Crippen LogP contribution in [0.5, 0.6) is 0 Å². The third-order valence-corrected chi connectivity index (χ3v) is 5.60. The van der Waals surface area contributed by atoms with Crippen LogP contribution < -0.4 is 0 Å². The molecule has 23 heavy (non-hydrogen) atoms. The minimum Gasteiger partial charge on any atom is -0.378 e. The maximum absolute atomic E-state index is 12.6. The lowest BCUT2D eigenvalue weighted by atomic mass is 10.0. The van der Waals surface area contributed by atoms with E-state index in [0.29, 0.717) is 19.6 Å². The van der Waals surface area contributed by atoms with E-state index in [1.807, 2.05) is 11.8 Å². The zero-order valence-electron chi connectivity index (χ0n) is 13.8. The predicted molar refractivity (Wildman–Crippen MR) is 89.6 cm³/mol. The molecular weight excluding hydrogens is 312 g/mol. The maximum Gasteiger partial charge on any atom is 0.225 e. The van der Waals surface area contributed by atoms with Gasteiger partial charge in [0.2, 0.25) is 5.91 Å². The molecule has 5 nitrogen and oxygen atoms in total. The molecule has 2 aliphatic heterocycles. The van der Waals surface area contributed by atoms with Gasteiger partial charge in [-0.05, 0) is 39.0 Å². The molecule has 2 atom stereocenters. The molecule has 1 aromatic rings. The molecule has 128 valence electrons. The number of nitrogens with zero attached hydrogens (tertiary/aromatic N) is 2. The monoisotopic (exact) mass is 338 g/mol. The molecule has 3 heterocycles. The van der Waals surface area contributed by atoms with Crippen molar-refractivity contribution >= 4 is 17.2 Å². The molecule has 0 N–H and O–H groups in total. The summed E-state index contributed by atoms with van der Waals surface area (Å²) in [4.78, 5) is 19.2. The number of piperidine rings is 1. The van der Waals surface area contributed by atoms with Crippen LogP contribution in [-0.4, -0.2) is 48.3 Å². The highest BCUT2D eigenvalue weighted by atomic mass is 32.1. The molecule has 0 unspecified atom stereocenters. The molecule has 2 fully saturated rings. The van der Waals surface area contributed by atoms with Crippen molar-refractivity contribution in [2.45, 2.75) is 57.6 Å². The summed E-state index contributed by atoms with van der Waals surface area (Å²) in [6.07, 6.45) is 6.15. The van der Waals surface area contributed by atoms with Crippen molar-refractivity contribution in [3.63, 3.8) is 0 Å². The van der Waals surface area contributed by atoms with Crippen molar-refractivity contribution in [3.05, 3.63) is 16.1 Å². The van der Waals surface area contributed by atoms with Crippen LogP contribution in [0.1, 0.15) is 55.3 Å². The summed E-state index contributed by atoms with van der Waals surface area (Å²) in [6, 6.07) is 0.160. The third kappa shape index (κ3) is 4.52. The van der Waals surface area contributed by atoms with Crippen LogP contribution in [0, 0.1) is 6.92 Å². The summed E-state index contributed by atoms with van der Waals surface area (Å²) in [5.41, 5.74) is 1.04. The first-order valence-electron chi connectivity index (χ1n) is 8.65. The molecule has 0 aliphatic carbocycles. The van der Waals surface area contributed by atoms with Gasteiger partial charge in [0, 0.05) is 24.2 Å². The lowest BCUT2D eigenvalue weighted by molar-refractivity contribution is -0.136. The van der Waals surface area contributed by atoms with E-state index < -0.39 is 0 Å². The summed E-state index contributed by atoms with van der Waals surface area (Å²) in [5, 5.41) is 3.15. The molecule has 1 aromatic heterocycles. The van der Waals surface area contributed by atoms with E-state index in [1.54, 1.807) is 11.3 Å². The van der Waals surface area contributed by atoms with Gasteiger partial charge in [0.15, 0.2) is 0 Å².